The lowest BCUT2D eigenvalue weighted by Gasteiger charge is -2.16. The Bertz CT molecular complexity index is 571. The molecule has 0 aliphatic heterocycles. The van der Waals surface area contributed by atoms with E-state index >= 15 is 0 Å². The van der Waals surface area contributed by atoms with Crippen LogP contribution in [-0.2, 0) is 20.8 Å². The van der Waals surface area contributed by atoms with Gasteiger partial charge in [-0.1, -0.05) is 12.1 Å². The van der Waals surface area contributed by atoms with Gasteiger partial charge in [0, 0.05) is 34.9 Å². The Morgan fingerprint density at radius 2 is 1.80 bits per heavy atom. The lowest BCUT2D eigenvalue weighted by Crippen LogP contribution is -2.31. The summed E-state index contributed by atoms with van der Waals surface area (Å²) in [6.45, 7) is 5.86. The van der Waals surface area contributed by atoms with Gasteiger partial charge in [-0.05, 0) is 32.9 Å². The number of hydrogen-bond donors (Lipinski definition) is 2. The minimum absolute atomic E-state index is 0.0520. The molecule has 2 atom stereocenters. The van der Waals surface area contributed by atoms with E-state index in [9.17, 15) is 12.6 Å². The monoisotopic (exact) mass is 318 g/mol. The highest BCUT2D eigenvalue weighted by molar-refractivity contribution is 7.89. The number of anilines is 1. The molecule has 2 N–H and O–H groups in total. The third-order valence-corrected chi connectivity index (χ3v) is 5.73. The molecule has 114 valence electrons. The largest absolute Gasteiger partial charge is 0.383 e. The highest BCUT2D eigenvalue weighted by Crippen LogP contribution is 2.21. The molecule has 5 nitrogen and oxygen atoms in total. The van der Waals surface area contributed by atoms with Crippen molar-refractivity contribution in [3.63, 3.8) is 0 Å². The number of hydrogen-bond acceptors (Lipinski definition) is 4. The van der Waals surface area contributed by atoms with Crippen molar-refractivity contribution >= 4 is 26.5 Å². The van der Waals surface area contributed by atoms with Crippen LogP contribution in [0.4, 0.5) is 5.69 Å². The quantitative estimate of drug-likeness (QED) is 0.800. The standard InChI is InChI=1S/C13H22N2O3S2/c1-10(2)15-20(17,18)13-8-6-5-7-12(13)14-9-11(3)19(4)16/h5-8,10-11,14-15H,9H2,1-4H3. The topological polar surface area (TPSA) is 75.3 Å². The van der Waals surface area contributed by atoms with Gasteiger partial charge in [0.05, 0.1) is 5.69 Å². The van der Waals surface area contributed by atoms with Crippen LogP contribution in [0.3, 0.4) is 0 Å². The van der Waals surface area contributed by atoms with Gasteiger partial charge in [0.25, 0.3) is 0 Å². The number of rotatable bonds is 7. The summed E-state index contributed by atoms with van der Waals surface area (Å²) in [6, 6.07) is 6.54. The van der Waals surface area contributed by atoms with Crippen LogP contribution >= 0.6 is 0 Å². The van der Waals surface area contributed by atoms with Gasteiger partial charge >= 0.3 is 0 Å². The molecule has 1 aromatic rings. The summed E-state index contributed by atoms with van der Waals surface area (Å²) in [4.78, 5) is 0.211. The lowest BCUT2D eigenvalue weighted by atomic mass is 10.3. The molecular formula is C13H22N2O3S2. The minimum Gasteiger partial charge on any atom is -0.383 e. The molecule has 2 unspecified atom stereocenters. The minimum atomic E-state index is -3.55. The fourth-order valence-corrected chi connectivity index (χ4v) is 3.34. The molecule has 0 aliphatic rings. The van der Waals surface area contributed by atoms with E-state index in [1.165, 1.54) is 0 Å². The van der Waals surface area contributed by atoms with Crippen LogP contribution in [-0.4, -0.2) is 36.7 Å². The van der Waals surface area contributed by atoms with Crippen LogP contribution in [0.1, 0.15) is 20.8 Å². The highest BCUT2D eigenvalue weighted by Gasteiger charge is 2.19. The summed E-state index contributed by atoms with van der Waals surface area (Å²) >= 11 is 0. The zero-order valence-electron chi connectivity index (χ0n) is 12.2. The van der Waals surface area contributed by atoms with Gasteiger partial charge in [0.15, 0.2) is 0 Å². The lowest BCUT2D eigenvalue weighted by molar-refractivity contribution is 0.570. The molecule has 1 aromatic carbocycles. The van der Waals surface area contributed by atoms with Gasteiger partial charge < -0.3 is 5.32 Å². The molecule has 7 heteroatoms. The van der Waals surface area contributed by atoms with E-state index < -0.39 is 20.8 Å². The summed E-state index contributed by atoms with van der Waals surface area (Å²) in [5, 5.41) is 3.01. The van der Waals surface area contributed by atoms with E-state index in [0.29, 0.717) is 12.2 Å². The molecule has 0 fully saturated rings. The smallest absolute Gasteiger partial charge is 0.242 e. The second-order valence-corrected chi connectivity index (χ2v) is 8.45. The SMILES string of the molecule is CC(C)NS(=O)(=O)c1ccccc1NCC(C)S(C)=O. The Balaban J connectivity index is 2.97. The van der Waals surface area contributed by atoms with Crippen LogP contribution in [0.15, 0.2) is 29.2 Å². The second-order valence-electron chi connectivity index (χ2n) is 4.96. The van der Waals surface area contributed by atoms with Crippen molar-refractivity contribution in [1.29, 1.82) is 0 Å². The van der Waals surface area contributed by atoms with E-state index in [4.69, 9.17) is 0 Å². The number of benzene rings is 1. The molecule has 0 amide bonds. The van der Waals surface area contributed by atoms with Crippen molar-refractivity contribution in [2.75, 3.05) is 18.1 Å². The van der Waals surface area contributed by atoms with E-state index in [1.54, 1.807) is 44.4 Å². The van der Waals surface area contributed by atoms with Gasteiger partial charge in [-0.3, -0.25) is 4.21 Å². The van der Waals surface area contributed by atoms with E-state index in [-0.39, 0.29) is 16.2 Å². The zero-order chi connectivity index (χ0) is 15.3. The van der Waals surface area contributed by atoms with Crippen molar-refractivity contribution < 1.29 is 12.6 Å². The van der Waals surface area contributed by atoms with Gasteiger partial charge in [0.1, 0.15) is 4.90 Å². The second kappa shape index (κ2) is 7.19. The third kappa shape index (κ3) is 4.88. The van der Waals surface area contributed by atoms with Crippen LogP contribution in [0.2, 0.25) is 0 Å². The van der Waals surface area contributed by atoms with E-state index in [0.717, 1.165) is 0 Å². The first-order chi connectivity index (χ1) is 9.24. The summed E-state index contributed by atoms with van der Waals surface area (Å²) in [5.41, 5.74) is 0.526. The maximum Gasteiger partial charge on any atom is 0.242 e. The molecule has 0 saturated heterocycles. The predicted octanol–water partition coefficient (Wildman–Crippen LogP) is 1.55. The average Bonchev–Trinajstić information content (AvgIpc) is 2.34. The fourth-order valence-electron chi connectivity index (χ4n) is 1.59. The van der Waals surface area contributed by atoms with E-state index in [2.05, 4.69) is 10.0 Å². The Hall–Kier alpha value is -0.920. The van der Waals surface area contributed by atoms with Crippen molar-refractivity contribution in [3.05, 3.63) is 24.3 Å². The van der Waals surface area contributed by atoms with Crippen LogP contribution < -0.4 is 10.0 Å². The van der Waals surface area contributed by atoms with Gasteiger partial charge in [-0.25, -0.2) is 13.1 Å². The summed E-state index contributed by atoms with van der Waals surface area (Å²) < 4.78 is 38.4. The molecule has 0 aromatic heterocycles. The van der Waals surface area contributed by atoms with Crippen LogP contribution in [0.5, 0.6) is 0 Å². The molecule has 1 rings (SSSR count). The normalized spacial score (nSPS) is 15.1. The molecule has 0 bridgehead atoms. The summed E-state index contributed by atoms with van der Waals surface area (Å²) in [7, 11) is -4.50. The summed E-state index contributed by atoms with van der Waals surface area (Å²) in [5.74, 6) is 0. The molecule has 0 aliphatic carbocycles. The Kier molecular flexibility index (Phi) is 6.16. The predicted molar refractivity (Wildman–Crippen MR) is 83.9 cm³/mol. The number of nitrogens with one attached hydrogen (secondary N) is 2. The Morgan fingerprint density at radius 3 is 2.35 bits per heavy atom. The Labute approximate surface area is 123 Å². The van der Waals surface area contributed by atoms with Crippen molar-refractivity contribution in [2.45, 2.75) is 37.0 Å². The first-order valence-electron chi connectivity index (χ1n) is 6.41. The zero-order valence-corrected chi connectivity index (χ0v) is 13.8. The number of para-hydroxylation sites is 1. The molecule has 0 spiro atoms. The highest BCUT2D eigenvalue weighted by atomic mass is 32.2. The first-order valence-corrected chi connectivity index (χ1v) is 9.52. The van der Waals surface area contributed by atoms with Crippen molar-refractivity contribution in [3.8, 4) is 0 Å². The van der Waals surface area contributed by atoms with Crippen molar-refractivity contribution in [2.24, 2.45) is 0 Å². The van der Waals surface area contributed by atoms with Gasteiger partial charge in [-0.2, -0.15) is 0 Å². The van der Waals surface area contributed by atoms with Gasteiger partial charge in [-0.15, -0.1) is 0 Å². The molecule has 20 heavy (non-hydrogen) atoms. The van der Waals surface area contributed by atoms with Crippen LogP contribution in [0, 0.1) is 0 Å². The summed E-state index contributed by atoms with van der Waals surface area (Å²) in [6.07, 6.45) is 1.63. The van der Waals surface area contributed by atoms with Crippen molar-refractivity contribution in [1.82, 2.24) is 4.72 Å². The molecular weight excluding hydrogens is 296 g/mol. The first kappa shape index (κ1) is 17.1. The molecule has 0 saturated carbocycles. The van der Waals surface area contributed by atoms with Gasteiger partial charge in [0.2, 0.25) is 10.0 Å². The number of sulfonamides is 1. The van der Waals surface area contributed by atoms with E-state index in [1.807, 2.05) is 6.92 Å². The molecule has 0 heterocycles. The molecule has 0 radical (unpaired) electrons. The maximum absolute atomic E-state index is 12.2. The third-order valence-electron chi connectivity index (χ3n) is 2.71. The van der Waals surface area contributed by atoms with Crippen LogP contribution in [0.25, 0.3) is 0 Å². The maximum atomic E-state index is 12.2. The fraction of sp³-hybridized carbons (Fsp3) is 0.538. The Morgan fingerprint density at radius 1 is 1.20 bits per heavy atom. The average molecular weight is 318 g/mol.